The summed E-state index contributed by atoms with van der Waals surface area (Å²) >= 11 is 0. The smallest absolute Gasteiger partial charge is 0.257 e. The Balaban J connectivity index is 1.55. The first-order chi connectivity index (χ1) is 11.5. The SMILES string of the molecule is Cc1ncc(C(=O)NC2CCN(C(=O)c3ccoc3)CC2)c(C)n1. The number of piperidine rings is 1. The monoisotopic (exact) mass is 328 g/mol. The fraction of sp³-hybridized carbons (Fsp3) is 0.412. The van der Waals surface area contributed by atoms with Crippen LogP contribution in [0.5, 0.6) is 0 Å². The molecule has 0 saturated carbocycles. The number of hydrogen-bond acceptors (Lipinski definition) is 5. The number of furan rings is 1. The van der Waals surface area contributed by atoms with Crippen LogP contribution >= 0.6 is 0 Å². The Bertz CT molecular complexity index is 734. The van der Waals surface area contributed by atoms with E-state index in [1.807, 2.05) is 0 Å². The number of nitrogens with zero attached hydrogens (tertiary/aromatic N) is 3. The number of aryl methyl sites for hydroxylation is 2. The molecule has 0 spiro atoms. The molecule has 1 aliphatic heterocycles. The molecule has 1 fully saturated rings. The van der Waals surface area contributed by atoms with E-state index in [0.717, 1.165) is 12.8 Å². The third kappa shape index (κ3) is 3.45. The largest absolute Gasteiger partial charge is 0.472 e. The highest BCUT2D eigenvalue weighted by molar-refractivity contribution is 5.95. The van der Waals surface area contributed by atoms with Gasteiger partial charge in [0.25, 0.3) is 11.8 Å². The standard InChI is InChI=1S/C17H20N4O3/c1-11-15(9-18-12(2)19-11)16(22)20-14-3-6-21(7-4-14)17(23)13-5-8-24-10-13/h5,8-10,14H,3-4,6-7H2,1-2H3,(H,20,22). The lowest BCUT2D eigenvalue weighted by molar-refractivity contribution is 0.0697. The number of amides is 2. The summed E-state index contributed by atoms with van der Waals surface area (Å²) in [5.74, 6) is 0.457. The van der Waals surface area contributed by atoms with Gasteiger partial charge in [0.15, 0.2) is 0 Å². The minimum atomic E-state index is -0.160. The number of hydrogen-bond donors (Lipinski definition) is 1. The molecule has 1 aliphatic rings. The number of aromatic nitrogens is 2. The van der Waals surface area contributed by atoms with Gasteiger partial charge in [-0.3, -0.25) is 9.59 Å². The Morgan fingerprint density at radius 1 is 1.29 bits per heavy atom. The van der Waals surface area contributed by atoms with E-state index < -0.39 is 0 Å². The highest BCUT2D eigenvalue weighted by Gasteiger charge is 2.25. The first-order valence-corrected chi connectivity index (χ1v) is 7.97. The second-order valence-corrected chi connectivity index (χ2v) is 5.97. The van der Waals surface area contributed by atoms with E-state index in [2.05, 4.69) is 15.3 Å². The number of carbonyl (C=O) groups is 2. The molecule has 2 amide bonds. The van der Waals surface area contributed by atoms with Crippen LogP contribution in [0.15, 0.2) is 29.2 Å². The molecular weight excluding hydrogens is 308 g/mol. The average molecular weight is 328 g/mol. The normalized spacial score (nSPS) is 15.3. The molecular formula is C17H20N4O3. The lowest BCUT2D eigenvalue weighted by Gasteiger charge is -2.32. The minimum absolute atomic E-state index is 0.0312. The molecule has 0 bridgehead atoms. The Morgan fingerprint density at radius 3 is 2.67 bits per heavy atom. The summed E-state index contributed by atoms with van der Waals surface area (Å²) in [6, 6.07) is 1.71. The zero-order valence-electron chi connectivity index (χ0n) is 13.8. The van der Waals surface area contributed by atoms with Crippen LogP contribution in [-0.4, -0.2) is 45.8 Å². The van der Waals surface area contributed by atoms with Gasteiger partial charge in [-0.2, -0.15) is 0 Å². The quantitative estimate of drug-likeness (QED) is 0.927. The van der Waals surface area contributed by atoms with Crippen molar-refractivity contribution in [1.29, 1.82) is 0 Å². The second kappa shape index (κ2) is 6.82. The first-order valence-electron chi connectivity index (χ1n) is 7.97. The van der Waals surface area contributed by atoms with Crippen molar-refractivity contribution in [3.8, 4) is 0 Å². The van der Waals surface area contributed by atoms with Crippen molar-refractivity contribution in [3.63, 3.8) is 0 Å². The van der Waals surface area contributed by atoms with Gasteiger partial charge >= 0.3 is 0 Å². The van der Waals surface area contributed by atoms with Crippen molar-refractivity contribution in [2.45, 2.75) is 32.7 Å². The van der Waals surface area contributed by atoms with Gasteiger partial charge in [0.05, 0.1) is 23.1 Å². The van der Waals surface area contributed by atoms with E-state index in [1.165, 1.54) is 12.5 Å². The number of carbonyl (C=O) groups excluding carboxylic acids is 2. The maximum atomic E-state index is 12.4. The van der Waals surface area contributed by atoms with E-state index >= 15 is 0 Å². The first kappa shape index (κ1) is 16.2. The summed E-state index contributed by atoms with van der Waals surface area (Å²) in [4.78, 5) is 34.7. The molecule has 3 heterocycles. The van der Waals surface area contributed by atoms with Gasteiger partial charge in [-0.1, -0.05) is 0 Å². The topological polar surface area (TPSA) is 88.3 Å². The Morgan fingerprint density at radius 2 is 2.04 bits per heavy atom. The van der Waals surface area contributed by atoms with Gasteiger partial charge in [0, 0.05) is 25.3 Å². The molecule has 0 aromatic carbocycles. The van der Waals surface area contributed by atoms with Crippen LogP contribution in [0.25, 0.3) is 0 Å². The van der Waals surface area contributed by atoms with Crippen LogP contribution in [0.2, 0.25) is 0 Å². The molecule has 2 aromatic heterocycles. The molecule has 3 rings (SSSR count). The van der Waals surface area contributed by atoms with Crippen molar-refractivity contribution in [2.75, 3.05) is 13.1 Å². The van der Waals surface area contributed by atoms with Crippen molar-refractivity contribution in [2.24, 2.45) is 0 Å². The van der Waals surface area contributed by atoms with Crippen molar-refractivity contribution in [1.82, 2.24) is 20.2 Å². The van der Waals surface area contributed by atoms with Gasteiger partial charge < -0.3 is 14.6 Å². The van der Waals surface area contributed by atoms with Gasteiger partial charge in [0.1, 0.15) is 12.1 Å². The van der Waals surface area contributed by atoms with Gasteiger partial charge in [0.2, 0.25) is 0 Å². The summed E-state index contributed by atoms with van der Waals surface area (Å²) in [6.45, 7) is 4.81. The molecule has 0 unspecified atom stereocenters. The average Bonchev–Trinajstić information content (AvgIpc) is 3.09. The van der Waals surface area contributed by atoms with E-state index in [-0.39, 0.29) is 17.9 Å². The maximum absolute atomic E-state index is 12.4. The summed E-state index contributed by atoms with van der Waals surface area (Å²) in [6.07, 6.45) is 5.95. The number of likely N-dealkylation sites (tertiary alicyclic amines) is 1. The molecule has 126 valence electrons. The molecule has 2 aromatic rings. The Hall–Kier alpha value is -2.70. The van der Waals surface area contributed by atoms with Gasteiger partial charge in [-0.15, -0.1) is 0 Å². The number of nitrogens with one attached hydrogen (secondary N) is 1. The molecule has 0 aliphatic carbocycles. The fourth-order valence-corrected chi connectivity index (χ4v) is 2.86. The zero-order valence-corrected chi connectivity index (χ0v) is 13.8. The van der Waals surface area contributed by atoms with Crippen LogP contribution in [0.4, 0.5) is 0 Å². The van der Waals surface area contributed by atoms with Crippen molar-refractivity contribution in [3.05, 3.63) is 47.4 Å². The fourth-order valence-electron chi connectivity index (χ4n) is 2.86. The molecule has 24 heavy (non-hydrogen) atoms. The van der Waals surface area contributed by atoms with Crippen LogP contribution in [-0.2, 0) is 0 Å². The lowest BCUT2D eigenvalue weighted by Crippen LogP contribution is -2.46. The summed E-state index contributed by atoms with van der Waals surface area (Å²) in [5, 5.41) is 3.01. The minimum Gasteiger partial charge on any atom is -0.472 e. The van der Waals surface area contributed by atoms with Crippen molar-refractivity contribution < 1.29 is 14.0 Å². The van der Waals surface area contributed by atoms with E-state index in [0.29, 0.717) is 35.7 Å². The molecule has 7 nitrogen and oxygen atoms in total. The summed E-state index contributed by atoms with van der Waals surface area (Å²) in [7, 11) is 0. The lowest BCUT2D eigenvalue weighted by atomic mass is 10.0. The van der Waals surface area contributed by atoms with Crippen LogP contribution in [0.1, 0.15) is 45.1 Å². The zero-order chi connectivity index (χ0) is 17.1. The predicted octanol–water partition coefficient (Wildman–Crippen LogP) is 1.72. The van der Waals surface area contributed by atoms with Crippen LogP contribution < -0.4 is 5.32 Å². The molecule has 0 radical (unpaired) electrons. The van der Waals surface area contributed by atoms with Crippen LogP contribution in [0.3, 0.4) is 0 Å². The van der Waals surface area contributed by atoms with Crippen molar-refractivity contribution >= 4 is 11.8 Å². The van der Waals surface area contributed by atoms with Gasteiger partial charge in [-0.05, 0) is 32.8 Å². The highest BCUT2D eigenvalue weighted by Crippen LogP contribution is 2.15. The molecule has 1 N–H and O–H groups in total. The van der Waals surface area contributed by atoms with E-state index in [9.17, 15) is 9.59 Å². The molecule has 0 atom stereocenters. The third-order valence-electron chi connectivity index (χ3n) is 4.23. The van der Waals surface area contributed by atoms with Gasteiger partial charge in [-0.25, -0.2) is 9.97 Å². The van der Waals surface area contributed by atoms with E-state index in [4.69, 9.17) is 4.42 Å². The van der Waals surface area contributed by atoms with E-state index in [1.54, 1.807) is 31.0 Å². The Labute approximate surface area is 140 Å². The number of rotatable bonds is 3. The Kier molecular flexibility index (Phi) is 4.59. The summed E-state index contributed by atoms with van der Waals surface area (Å²) < 4.78 is 4.95. The predicted molar refractivity (Wildman–Crippen MR) is 86.6 cm³/mol. The third-order valence-corrected chi connectivity index (χ3v) is 4.23. The molecule has 1 saturated heterocycles. The second-order valence-electron chi connectivity index (χ2n) is 5.97. The summed E-state index contributed by atoms with van der Waals surface area (Å²) in [5.41, 5.74) is 1.73. The van der Waals surface area contributed by atoms with Crippen LogP contribution in [0, 0.1) is 13.8 Å². The molecule has 7 heteroatoms. The highest BCUT2D eigenvalue weighted by atomic mass is 16.3. The maximum Gasteiger partial charge on any atom is 0.257 e.